The second-order valence-corrected chi connectivity index (χ2v) is 9.57. The highest BCUT2D eigenvalue weighted by atomic mass is 16.3. The lowest BCUT2D eigenvalue weighted by molar-refractivity contribution is -0.155. The van der Waals surface area contributed by atoms with E-state index in [0.717, 1.165) is 43.9 Å². The van der Waals surface area contributed by atoms with Crippen LogP contribution >= 0.6 is 0 Å². The predicted octanol–water partition coefficient (Wildman–Crippen LogP) is 4.21. The number of carbonyl (C=O) groups is 1. The molecule has 2 nitrogen and oxygen atoms in total. The monoisotopic (exact) mass is 304 g/mol. The van der Waals surface area contributed by atoms with Crippen LogP contribution in [-0.4, -0.2) is 17.0 Å². The highest BCUT2D eigenvalue weighted by molar-refractivity contribution is 5.87. The normalized spacial score (nSPS) is 57.9. The van der Waals surface area contributed by atoms with Gasteiger partial charge in [0.05, 0.1) is 6.10 Å². The van der Waals surface area contributed by atoms with Gasteiger partial charge in [0.25, 0.3) is 0 Å². The Bertz CT molecular complexity index is 486. The van der Waals surface area contributed by atoms with Crippen molar-refractivity contribution < 1.29 is 9.90 Å². The fourth-order valence-electron chi connectivity index (χ4n) is 7.71. The maximum atomic E-state index is 12.5. The van der Waals surface area contributed by atoms with Crippen molar-refractivity contribution in [1.82, 2.24) is 0 Å². The molecule has 4 saturated carbocycles. The molecule has 4 aliphatic carbocycles. The molecule has 0 aromatic rings. The summed E-state index contributed by atoms with van der Waals surface area (Å²) in [7, 11) is 0. The fraction of sp³-hybridized carbons (Fsp3) is 0.950. The summed E-state index contributed by atoms with van der Waals surface area (Å²) in [6.07, 6.45) is 8.81. The molecule has 0 aromatic heterocycles. The van der Waals surface area contributed by atoms with Crippen molar-refractivity contribution in [2.24, 2.45) is 40.4 Å². The van der Waals surface area contributed by atoms with E-state index in [-0.39, 0.29) is 11.5 Å². The average molecular weight is 304 g/mol. The van der Waals surface area contributed by atoms with Crippen molar-refractivity contribution >= 4 is 5.78 Å². The Balaban J connectivity index is 1.69. The summed E-state index contributed by atoms with van der Waals surface area (Å²) in [5.41, 5.74) is 0.395. The first-order valence-corrected chi connectivity index (χ1v) is 9.57. The molecule has 4 aliphatic rings. The van der Waals surface area contributed by atoms with Crippen molar-refractivity contribution in [3.05, 3.63) is 0 Å². The molecule has 0 amide bonds. The topological polar surface area (TPSA) is 37.3 Å². The van der Waals surface area contributed by atoms with Crippen LogP contribution in [0.5, 0.6) is 0 Å². The molecule has 4 rings (SSSR count). The van der Waals surface area contributed by atoms with Crippen LogP contribution in [0.3, 0.4) is 0 Å². The third-order valence-corrected chi connectivity index (χ3v) is 8.59. The molecule has 0 radical (unpaired) electrons. The molecule has 0 heterocycles. The molecule has 1 N–H and O–H groups in total. The lowest BCUT2D eigenvalue weighted by Gasteiger charge is -2.62. The van der Waals surface area contributed by atoms with Gasteiger partial charge in [0, 0.05) is 11.8 Å². The third-order valence-electron chi connectivity index (χ3n) is 8.59. The lowest BCUT2D eigenvalue weighted by atomic mass is 9.43. The van der Waals surface area contributed by atoms with Crippen molar-refractivity contribution in [2.75, 3.05) is 0 Å². The number of hydrogen-bond donors (Lipinski definition) is 1. The maximum Gasteiger partial charge on any atom is 0.139 e. The van der Waals surface area contributed by atoms with Crippen LogP contribution in [0.25, 0.3) is 0 Å². The van der Waals surface area contributed by atoms with Gasteiger partial charge in [-0.05, 0) is 80.0 Å². The van der Waals surface area contributed by atoms with Crippen molar-refractivity contribution in [3.63, 3.8) is 0 Å². The number of fused-ring (bicyclic) bond motifs is 5. The Hall–Kier alpha value is -0.370. The summed E-state index contributed by atoms with van der Waals surface area (Å²) >= 11 is 0. The number of hydrogen-bond acceptors (Lipinski definition) is 2. The van der Waals surface area contributed by atoms with Crippen LogP contribution in [0.2, 0.25) is 0 Å². The van der Waals surface area contributed by atoms with Gasteiger partial charge >= 0.3 is 0 Å². The highest BCUT2D eigenvalue weighted by Gasteiger charge is 2.62. The average Bonchev–Trinajstić information content (AvgIpc) is 2.75. The van der Waals surface area contributed by atoms with Crippen LogP contribution in [0.1, 0.15) is 72.1 Å². The summed E-state index contributed by atoms with van der Waals surface area (Å²) in [6.45, 7) is 7.22. The van der Waals surface area contributed by atoms with Crippen LogP contribution in [-0.2, 0) is 4.79 Å². The summed E-state index contributed by atoms with van der Waals surface area (Å²) in [6, 6.07) is 0. The van der Waals surface area contributed by atoms with E-state index >= 15 is 0 Å². The van der Waals surface area contributed by atoms with Gasteiger partial charge < -0.3 is 5.11 Å². The van der Waals surface area contributed by atoms with E-state index in [2.05, 4.69) is 20.8 Å². The van der Waals surface area contributed by atoms with Crippen LogP contribution in [0, 0.1) is 40.4 Å². The van der Waals surface area contributed by atoms with Gasteiger partial charge in [-0.2, -0.15) is 0 Å². The molecule has 8 atom stereocenters. The first kappa shape index (κ1) is 15.2. The Morgan fingerprint density at radius 3 is 2.68 bits per heavy atom. The number of rotatable bonds is 0. The molecule has 3 unspecified atom stereocenters. The summed E-state index contributed by atoms with van der Waals surface area (Å²) in [4.78, 5) is 12.5. The molecule has 4 fully saturated rings. The maximum absolute atomic E-state index is 12.5. The minimum Gasteiger partial charge on any atom is -0.393 e. The van der Waals surface area contributed by atoms with Crippen LogP contribution in [0.4, 0.5) is 0 Å². The number of aliphatic hydroxyl groups is 1. The van der Waals surface area contributed by atoms with Crippen molar-refractivity contribution in [1.29, 1.82) is 0 Å². The van der Waals surface area contributed by atoms with Gasteiger partial charge in [0.1, 0.15) is 5.78 Å². The Morgan fingerprint density at radius 1 is 1.14 bits per heavy atom. The smallest absolute Gasteiger partial charge is 0.139 e. The van der Waals surface area contributed by atoms with Gasteiger partial charge in [0.15, 0.2) is 0 Å². The summed E-state index contributed by atoms with van der Waals surface area (Å²) in [5, 5.41) is 10.1. The van der Waals surface area contributed by atoms with E-state index in [4.69, 9.17) is 0 Å². The zero-order chi connectivity index (χ0) is 15.7. The zero-order valence-electron chi connectivity index (χ0n) is 14.5. The minimum atomic E-state index is -0.0631. The van der Waals surface area contributed by atoms with E-state index < -0.39 is 0 Å². The molecule has 0 aliphatic heterocycles. The molecular weight excluding hydrogens is 272 g/mol. The lowest BCUT2D eigenvalue weighted by Crippen LogP contribution is -2.56. The van der Waals surface area contributed by atoms with Crippen molar-refractivity contribution in [3.8, 4) is 0 Å². The molecule has 0 aromatic carbocycles. The van der Waals surface area contributed by atoms with Gasteiger partial charge in [0.2, 0.25) is 0 Å². The van der Waals surface area contributed by atoms with E-state index in [1.165, 1.54) is 19.3 Å². The Labute approximate surface area is 135 Å². The van der Waals surface area contributed by atoms with Gasteiger partial charge in [-0.1, -0.05) is 20.8 Å². The highest BCUT2D eigenvalue weighted by Crippen LogP contribution is 2.66. The Morgan fingerprint density at radius 2 is 1.91 bits per heavy atom. The summed E-state index contributed by atoms with van der Waals surface area (Å²) in [5.74, 6) is 4.11. The molecule has 0 saturated heterocycles. The predicted molar refractivity (Wildman–Crippen MR) is 87.3 cm³/mol. The third kappa shape index (κ3) is 1.85. The molecule has 0 bridgehead atoms. The second kappa shape index (κ2) is 4.82. The molecule has 124 valence electrons. The number of carbonyl (C=O) groups excluding carboxylic acids is 1. The zero-order valence-corrected chi connectivity index (χ0v) is 14.5. The standard InChI is InChI=1S/C20H32O2/c1-12-11-20(3)16(6-7-17(20)22)15-5-4-13-10-14(21)8-9-19(13,2)18(12)15/h12-16,18,21H,4-11H2,1-3H3/t12?,13?,14?,15-,16-,18+,19-,20-/m0/s1. The quantitative estimate of drug-likeness (QED) is 0.728. The van der Waals surface area contributed by atoms with E-state index in [9.17, 15) is 9.90 Å². The first-order valence-electron chi connectivity index (χ1n) is 9.57. The van der Waals surface area contributed by atoms with Gasteiger partial charge in [-0.25, -0.2) is 0 Å². The number of ketones is 1. The summed E-state index contributed by atoms with van der Waals surface area (Å²) < 4.78 is 0. The van der Waals surface area contributed by atoms with Crippen LogP contribution in [0.15, 0.2) is 0 Å². The second-order valence-electron chi connectivity index (χ2n) is 9.57. The number of Topliss-reactive ketones (excluding diaryl/α,β-unsaturated/α-hetero) is 1. The largest absolute Gasteiger partial charge is 0.393 e. The van der Waals surface area contributed by atoms with Crippen LogP contribution < -0.4 is 0 Å². The molecule has 0 spiro atoms. The van der Waals surface area contributed by atoms with E-state index in [1.807, 2.05) is 0 Å². The van der Waals surface area contributed by atoms with Gasteiger partial charge in [-0.15, -0.1) is 0 Å². The van der Waals surface area contributed by atoms with E-state index in [1.54, 1.807) is 0 Å². The number of aliphatic hydroxyl groups excluding tert-OH is 1. The molecule has 2 heteroatoms. The van der Waals surface area contributed by atoms with Gasteiger partial charge in [-0.3, -0.25) is 4.79 Å². The first-order chi connectivity index (χ1) is 10.4. The van der Waals surface area contributed by atoms with E-state index in [0.29, 0.717) is 29.0 Å². The fourth-order valence-corrected chi connectivity index (χ4v) is 7.71. The molecule has 22 heavy (non-hydrogen) atoms. The van der Waals surface area contributed by atoms with Crippen molar-refractivity contribution in [2.45, 2.75) is 78.2 Å². The SMILES string of the molecule is CC1C[C@]2(C)C(=O)CC[C@H]2[C@@H]2CCC3CC(O)CC[C@]3(C)[C@H]12. The minimum absolute atomic E-state index is 0.0159. The molecular formula is C20H32O2. The Kier molecular flexibility index (Phi) is 3.32.